The van der Waals surface area contributed by atoms with Gasteiger partial charge in [-0.05, 0) is 35.9 Å². The highest BCUT2D eigenvalue weighted by atomic mass is 35.5. The Morgan fingerprint density at radius 2 is 2.22 bits per heavy atom. The lowest BCUT2D eigenvalue weighted by Gasteiger charge is -2.08. The monoisotopic (exact) mass is 257 g/mol. The van der Waals surface area contributed by atoms with E-state index in [1.54, 1.807) is 24.3 Å². The second kappa shape index (κ2) is 5.25. The Labute approximate surface area is 109 Å². The van der Waals surface area contributed by atoms with Gasteiger partial charge in [0.1, 0.15) is 5.82 Å². The summed E-state index contributed by atoms with van der Waals surface area (Å²) in [6.45, 7) is 0. The van der Waals surface area contributed by atoms with E-state index in [0.717, 1.165) is 0 Å². The first-order valence-corrected chi connectivity index (χ1v) is 5.41. The molecule has 0 amide bonds. The molecule has 2 rings (SSSR count). The fraction of sp³-hybridized carbons (Fsp3) is 0. The zero-order chi connectivity index (χ0) is 13.0. The third kappa shape index (κ3) is 2.62. The van der Waals surface area contributed by atoms with Gasteiger partial charge in [-0.3, -0.25) is 0 Å². The summed E-state index contributed by atoms with van der Waals surface area (Å²) in [7, 11) is 0. The standard InChI is InChI=1S/C12H8ClN5/c13-12-16-4-3-11(18-12)17-10-2-1-8(6-14)5-9(10)7-15/h1-5,7,15H,(H,16,17,18). The van der Waals surface area contributed by atoms with E-state index in [-0.39, 0.29) is 5.28 Å². The largest absolute Gasteiger partial charge is 0.340 e. The summed E-state index contributed by atoms with van der Waals surface area (Å²) >= 11 is 5.68. The van der Waals surface area contributed by atoms with Crippen molar-refractivity contribution in [2.24, 2.45) is 0 Å². The predicted molar refractivity (Wildman–Crippen MR) is 69.4 cm³/mol. The van der Waals surface area contributed by atoms with Crippen LogP contribution in [0.3, 0.4) is 0 Å². The number of hydrogen-bond donors (Lipinski definition) is 2. The number of rotatable bonds is 3. The molecule has 88 valence electrons. The Morgan fingerprint density at radius 1 is 1.39 bits per heavy atom. The van der Waals surface area contributed by atoms with Crippen LogP contribution in [0.4, 0.5) is 11.5 Å². The van der Waals surface area contributed by atoms with Gasteiger partial charge in [0.2, 0.25) is 5.28 Å². The molecule has 0 bridgehead atoms. The van der Waals surface area contributed by atoms with Gasteiger partial charge < -0.3 is 10.7 Å². The highest BCUT2D eigenvalue weighted by molar-refractivity contribution is 6.28. The molecule has 0 spiro atoms. The highest BCUT2D eigenvalue weighted by Gasteiger charge is 2.04. The maximum absolute atomic E-state index is 8.79. The van der Waals surface area contributed by atoms with Gasteiger partial charge in [0.15, 0.2) is 0 Å². The Hall–Kier alpha value is -2.45. The maximum atomic E-state index is 8.79. The second-order valence-corrected chi connectivity index (χ2v) is 3.73. The molecule has 1 heterocycles. The number of benzene rings is 1. The number of nitrogens with one attached hydrogen (secondary N) is 2. The quantitative estimate of drug-likeness (QED) is 0.654. The van der Waals surface area contributed by atoms with Crippen molar-refractivity contribution in [2.75, 3.05) is 5.32 Å². The van der Waals surface area contributed by atoms with Gasteiger partial charge in [-0.25, -0.2) is 9.97 Å². The van der Waals surface area contributed by atoms with E-state index in [9.17, 15) is 0 Å². The molecule has 0 aliphatic heterocycles. The molecule has 1 aromatic carbocycles. The van der Waals surface area contributed by atoms with E-state index in [2.05, 4.69) is 15.3 Å². The predicted octanol–water partition coefficient (Wildman–Crippen LogP) is 2.74. The minimum Gasteiger partial charge on any atom is -0.340 e. The van der Waals surface area contributed by atoms with Crippen molar-refractivity contribution in [1.82, 2.24) is 9.97 Å². The number of aromatic nitrogens is 2. The summed E-state index contributed by atoms with van der Waals surface area (Å²) in [5.41, 5.74) is 1.78. The van der Waals surface area contributed by atoms with Crippen molar-refractivity contribution >= 4 is 29.3 Å². The molecule has 0 saturated heterocycles. The van der Waals surface area contributed by atoms with Crippen LogP contribution in [0.5, 0.6) is 0 Å². The van der Waals surface area contributed by atoms with E-state index in [1.807, 2.05) is 6.07 Å². The molecule has 0 atom stereocenters. The average Bonchev–Trinajstić information content (AvgIpc) is 2.39. The molecule has 0 fully saturated rings. The Balaban J connectivity index is 2.35. The summed E-state index contributed by atoms with van der Waals surface area (Å²) in [5, 5.41) is 19.3. The topological polar surface area (TPSA) is 85.5 Å². The molecular formula is C12H8ClN5. The van der Waals surface area contributed by atoms with Gasteiger partial charge in [0.05, 0.1) is 11.6 Å². The van der Waals surface area contributed by atoms with Gasteiger partial charge in [0, 0.05) is 23.7 Å². The first-order valence-electron chi connectivity index (χ1n) is 5.03. The van der Waals surface area contributed by atoms with E-state index in [0.29, 0.717) is 22.6 Å². The van der Waals surface area contributed by atoms with Gasteiger partial charge in [-0.2, -0.15) is 5.26 Å². The molecule has 0 saturated carbocycles. The highest BCUT2D eigenvalue weighted by Crippen LogP contribution is 2.20. The summed E-state index contributed by atoms with van der Waals surface area (Å²) < 4.78 is 0. The SMILES string of the molecule is N#Cc1ccc(Nc2ccnc(Cl)n2)c(C=N)c1. The fourth-order valence-corrected chi connectivity index (χ4v) is 1.56. The number of hydrogen-bond acceptors (Lipinski definition) is 5. The van der Waals surface area contributed by atoms with Crippen molar-refractivity contribution in [3.8, 4) is 6.07 Å². The van der Waals surface area contributed by atoms with Crippen molar-refractivity contribution in [3.63, 3.8) is 0 Å². The molecule has 0 unspecified atom stereocenters. The van der Waals surface area contributed by atoms with Crippen molar-refractivity contribution in [3.05, 3.63) is 46.9 Å². The molecule has 0 aliphatic rings. The van der Waals surface area contributed by atoms with Crippen LogP contribution in [0.15, 0.2) is 30.5 Å². The van der Waals surface area contributed by atoms with Crippen LogP contribution in [-0.2, 0) is 0 Å². The summed E-state index contributed by atoms with van der Waals surface area (Å²) in [6.07, 6.45) is 2.71. The zero-order valence-electron chi connectivity index (χ0n) is 9.18. The molecule has 2 aromatic rings. The van der Waals surface area contributed by atoms with Crippen LogP contribution in [0.1, 0.15) is 11.1 Å². The maximum Gasteiger partial charge on any atom is 0.224 e. The molecule has 2 N–H and O–H groups in total. The van der Waals surface area contributed by atoms with E-state index >= 15 is 0 Å². The van der Waals surface area contributed by atoms with Crippen molar-refractivity contribution < 1.29 is 0 Å². The summed E-state index contributed by atoms with van der Waals surface area (Å²) in [4.78, 5) is 7.77. The molecule has 1 aromatic heterocycles. The minimum atomic E-state index is 0.144. The van der Waals surface area contributed by atoms with Crippen LogP contribution in [0.2, 0.25) is 5.28 Å². The summed E-state index contributed by atoms with van der Waals surface area (Å²) in [6, 6.07) is 8.69. The first kappa shape index (κ1) is 12.0. The van der Waals surface area contributed by atoms with E-state index in [1.165, 1.54) is 12.4 Å². The van der Waals surface area contributed by atoms with Crippen LogP contribution < -0.4 is 5.32 Å². The normalized spacial score (nSPS) is 9.56. The van der Waals surface area contributed by atoms with Crippen LogP contribution >= 0.6 is 11.6 Å². The number of halogens is 1. The number of nitrogens with zero attached hydrogens (tertiary/aromatic N) is 3. The number of anilines is 2. The lowest BCUT2D eigenvalue weighted by molar-refractivity contribution is 1.17. The van der Waals surface area contributed by atoms with Crippen molar-refractivity contribution in [2.45, 2.75) is 0 Å². The Morgan fingerprint density at radius 3 is 2.89 bits per heavy atom. The second-order valence-electron chi connectivity index (χ2n) is 3.39. The van der Waals surface area contributed by atoms with E-state index in [4.69, 9.17) is 22.3 Å². The molecule has 5 nitrogen and oxygen atoms in total. The third-order valence-corrected chi connectivity index (χ3v) is 2.41. The van der Waals surface area contributed by atoms with Gasteiger partial charge in [-0.1, -0.05) is 0 Å². The third-order valence-electron chi connectivity index (χ3n) is 2.23. The van der Waals surface area contributed by atoms with Gasteiger partial charge in [-0.15, -0.1) is 0 Å². The molecule has 0 aliphatic carbocycles. The lowest BCUT2D eigenvalue weighted by Crippen LogP contribution is -1.98. The summed E-state index contributed by atoms with van der Waals surface area (Å²) in [5.74, 6) is 0.530. The van der Waals surface area contributed by atoms with Gasteiger partial charge in [0.25, 0.3) is 0 Å². The molecular weight excluding hydrogens is 250 g/mol. The van der Waals surface area contributed by atoms with Crippen LogP contribution in [0.25, 0.3) is 0 Å². The Kier molecular flexibility index (Phi) is 3.51. The van der Waals surface area contributed by atoms with Gasteiger partial charge >= 0.3 is 0 Å². The average molecular weight is 258 g/mol. The molecule has 18 heavy (non-hydrogen) atoms. The van der Waals surface area contributed by atoms with Crippen LogP contribution in [0, 0.1) is 16.7 Å². The van der Waals surface area contributed by atoms with Crippen LogP contribution in [-0.4, -0.2) is 16.2 Å². The number of nitriles is 1. The molecule has 6 heteroatoms. The minimum absolute atomic E-state index is 0.144. The molecule has 0 radical (unpaired) electrons. The lowest BCUT2D eigenvalue weighted by atomic mass is 10.1. The van der Waals surface area contributed by atoms with Crippen molar-refractivity contribution in [1.29, 1.82) is 10.7 Å². The fourth-order valence-electron chi connectivity index (χ4n) is 1.41. The smallest absolute Gasteiger partial charge is 0.224 e. The first-order chi connectivity index (χ1) is 8.72. The zero-order valence-corrected chi connectivity index (χ0v) is 9.94. The Bertz CT molecular complexity index is 633. The van der Waals surface area contributed by atoms with E-state index < -0.39 is 0 Å².